The van der Waals surface area contributed by atoms with Gasteiger partial charge in [-0.1, -0.05) is 47.5 Å². The van der Waals surface area contributed by atoms with E-state index in [1.807, 2.05) is 42.5 Å². The van der Waals surface area contributed by atoms with Crippen LogP contribution in [0.25, 0.3) is 11.3 Å². The van der Waals surface area contributed by atoms with Crippen molar-refractivity contribution in [2.24, 2.45) is 10.7 Å². The summed E-state index contributed by atoms with van der Waals surface area (Å²) in [4.78, 5) is 8.86. The third-order valence-corrected chi connectivity index (χ3v) is 4.21. The van der Waals surface area contributed by atoms with E-state index in [9.17, 15) is 0 Å². The number of benzene rings is 2. The van der Waals surface area contributed by atoms with Crippen molar-refractivity contribution in [3.8, 4) is 17.0 Å². The summed E-state index contributed by atoms with van der Waals surface area (Å²) in [6, 6.07) is 16.7. The van der Waals surface area contributed by atoms with E-state index in [1.165, 1.54) is 0 Å². The Morgan fingerprint density at radius 1 is 1.12 bits per heavy atom. The Balaban J connectivity index is 1.93. The van der Waals surface area contributed by atoms with Gasteiger partial charge >= 0.3 is 0 Å². The predicted octanol–water partition coefficient (Wildman–Crippen LogP) is 5.64. The van der Waals surface area contributed by atoms with Gasteiger partial charge in [-0.15, -0.1) is 0 Å². The highest BCUT2D eigenvalue weighted by atomic mass is 35.5. The number of ether oxygens (including phenoxy) is 1. The second kappa shape index (κ2) is 8.21. The van der Waals surface area contributed by atoms with Crippen molar-refractivity contribution in [3.05, 3.63) is 76.4 Å². The Morgan fingerprint density at radius 3 is 2.69 bits per heavy atom. The van der Waals surface area contributed by atoms with Crippen LogP contribution in [0.15, 0.2) is 65.8 Å². The molecule has 1 heterocycles. The molecule has 3 aromatic rings. The molecule has 2 N–H and O–H groups in total. The van der Waals surface area contributed by atoms with E-state index in [0.717, 1.165) is 16.8 Å². The normalized spacial score (nSPS) is 11.4. The molecule has 0 radical (unpaired) electrons. The van der Waals surface area contributed by atoms with Gasteiger partial charge in [-0.05, 0) is 37.3 Å². The van der Waals surface area contributed by atoms with Gasteiger partial charge in [0.25, 0.3) is 0 Å². The molecule has 26 heavy (non-hydrogen) atoms. The van der Waals surface area contributed by atoms with Gasteiger partial charge in [0.05, 0.1) is 11.5 Å². The Kier molecular flexibility index (Phi) is 5.76. The summed E-state index contributed by atoms with van der Waals surface area (Å²) < 4.78 is 5.99. The minimum Gasteiger partial charge on any atom is -0.487 e. The fourth-order valence-electron chi connectivity index (χ4n) is 2.46. The van der Waals surface area contributed by atoms with Gasteiger partial charge < -0.3 is 10.5 Å². The molecule has 0 aliphatic heterocycles. The lowest BCUT2D eigenvalue weighted by atomic mass is 10.1. The Bertz CT molecular complexity index is 953. The van der Waals surface area contributed by atoms with E-state index in [2.05, 4.69) is 9.98 Å². The first-order valence-electron chi connectivity index (χ1n) is 7.96. The largest absolute Gasteiger partial charge is 0.487 e. The van der Waals surface area contributed by atoms with Crippen LogP contribution < -0.4 is 10.5 Å². The number of aromatic nitrogens is 1. The number of pyridine rings is 1. The highest BCUT2D eigenvalue weighted by Gasteiger charge is 2.12. The zero-order valence-corrected chi connectivity index (χ0v) is 15.6. The molecule has 6 heteroatoms. The van der Waals surface area contributed by atoms with Gasteiger partial charge in [0.15, 0.2) is 0 Å². The van der Waals surface area contributed by atoms with E-state index in [-0.39, 0.29) is 0 Å². The van der Waals surface area contributed by atoms with Gasteiger partial charge in [0.1, 0.15) is 18.1 Å². The fraction of sp³-hybridized carbons (Fsp3) is 0.100. The van der Waals surface area contributed by atoms with Crippen molar-refractivity contribution in [3.63, 3.8) is 0 Å². The molecule has 0 aliphatic rings. The maximum atomic E-state index is 6.22. The number of hydrogen-bond acceptors (Lipinski definition) is 3. The Morgan fingerprint density at radius 2 is 1.92 bits per heavy atom. The lowest BCUT2D eigenvalue weighted by molar-refractivity contribution is 0.306. The molecule has 0 saturated heterocycles. The third-order valence-electron chi connectivity index (χ3n) is 3.62. The summed E-state index contributed by atoms with van der Waals surface area (Å²) in [5, 5.41) is 1.15. The number of hydrogen-bond donors (Lipinski definition) is 1. The van der Waals surface area contributed by atoms with Gasteiger partial charge in [-0.3, -0.25) is 4.98 Å². The lowest BCUT2D eigenvalue weighted by Crippen LogP contribution is -2.04. The quantitative estimate of drug-likeness (QED) is 0.456. The molecule has 0 spiro atoms. The van der Waals surface area contributed by atoms with Crippen LogP contribution in [0.2, 0.25) is 10.0 Å². The summed E-state index contributed by atoms with van der Waals surface area (Å²) in [6.45, 7) is 2.05. The van der Waals surface area contributed by atoms with Gasteiger partial charge in [0.2, 0.25) is 0 Å². The number of aliphatic imine (C=N–C) groups is 1. The van der Waals surface area contributed by atoms with Crippen molar-refractivity contribution < 1.29 is 4.74 Å². The van der Waals surface area contributed by atoms with Crippen LogP contribution in [-0.4, -0.2) is 10.8 Å². The zero-order valence-electron chi connectivity index (χ0n) is 14.1. The number of nitrogens with two attached hydrogens (primary N) is 1. The average Bonchev–Trinajstić information content (AvgIpc) is 2.61. The van der Waals surface area contributed by atoms with Crippen molar-refractivity contribution in [1.29, 1.82) is 0 Å². The van der Waals surface area contributed by atoms with Crippen LogP contribution in [-0.2, 0) is 6.61 Å². The van der Waals surface area contributed by atoms with Crippen LogP contribution in [0.1, 0.15) is 12.5 Å². The summed E-state index contributed by atoms with van der Waals surface area (Å²) >= 11 is 12.2. The molecule has 0 amide bonds. The smallest absolute Gasteiger partial charge is 0.146 e. The number of para-hydroxylation sites is 1. The molecule has 0 atom stereocenters. The lowest BCUT2D eigenvalue weighted by Gasteiger charge is -2.13. The molecule has 4 nitrogen and oxygen atoms in total. The maximum Gasteiger partial charge on any atom is 0.146 e. The highest BCUT2D eigenvalue weighted by molar-refractivity contribution is 6.35. The average molecular weight is 386 g/mol. The summed E-state index contributed by atoms with van der Waals surface area (Å²) in [5.41, 5.74) is 8.86. The first-order valence-corrected chi connectivity index (χ1v) is 8.72. The van der Waals surface area contributed by atoms with Crippen molar-refractivity contribution >= 4 is 34.7 Å². The molecule has 0 aliphatic carbocycles. The van der Waals surface area contributed by atoms with Crippen molar-refractivity contribution in [2.75, 3.05) is 0 Å². The third kappa shape index (κ3) is 4.34. The van der Waals surface area contributed by atoms with Crippen LogP contribution in [0.5, 0.6) is 5.75 Å². The zero-order chi connectivity index (χ0) is 18.5. The van der Waals surface area contributed by atoms with Crippen molar-refractivity contribution in [1.82, 2.24) is 4.98 Å². The Labute approximate surface area is 162 Å². The van der Waals surface area contributed by atoms with E-state index in [4.69, 9.17) is 33.7 Å². The second-order valence-electron chi connectivity index (χ2n) is 5.64. The monoisotopic (exact) mass is 385 g/mol. The number of halogens is 2. The second-order valence-corrected chi connectivity index (χ2v) is 6.49. The number of amidine groups is 1. The van der Waals surface area contributed by atoms with Crippen LogP contribution in [0.4, 0.5) is 5.69 Å². The summed E-state index contributed by atoms with van der Waals surface area (Å²) in [7, 11) is 0. The van der Waals surface area contributed by atoms with E-state index in [1.54, 1.807) is 25.3 Å². The topological polar surface area (TPSA) is 60.5 Å². The van der Waals surface area contributed by atoms with E-state index < -0.39 is 0 Å². The van der Waals surface area contributed by atoms with Gasteiger partial charge in [0, 0.05) is 27.4 Å². The standard InChI is InChI=1S/C20H17Cl2N3O/c1-13(23)25-18-6-3-2-5-16(18)20-19(7-4-10-24-20)26-12-14-8-9-15(21)11-17(14)22/h2-11H,12H2,1H3,(H2,23,25). The molecular formula is C20H17Cl2N3O. The Hall–Kier alpha value is -2.56. The molecule has 1 aromatic heterocycles. The van der Waals surface area contributed by atoms with E-state index >= 15 is 0 Å². The molecule has 0 fully saturated rings. The fourth-order valence-corrected chi connectivity index (χ4v) is 2.93. The highest BCUT2D eigenvalue weighted by Crippen LogP contribution is 2.35. The minimum absolute atomic E-state index is 0.302. The molecule has 0 bridgehead atoms. The molecule has 132 valence electrons. The van der Waals surface area contributed by atoms with E-state index in [0.29, 0.717) is 33.9 Å². The van der Waals surface area contributed by atoms with Crippen LogP contribution >= 0.6 is 23.2 Å². The first kappa shape index (κ1) is 18.2. The molecule has 2 aromatic carbocycles. The number of rotatable bonds is 5. The predicted molar refractivity (Wildman–Crippen MR) is 107 cm³/mol. The van der Waals surface area contributed by atoms with Gasteiger partial charge in [-0.2, -0.15) is 0 Å². The summed E-state index contributed by atoms with van der Waals surface area (Å²) in [6.07, 6.45) is 1.72. The maximum absolute atomic E-state index is 6.22. The van der Waals surface area contributed by atoms with Crippen molar-refractivity contribution in [2.45, 2.75) is 13.5 Å². The molecule has 0 unspecified atom stereocenters. The van der Waals surface area contributed by atoms with Crippen LogP contribution in [0, 0.1) is 0 Å². The molecule has 0 saturated carbocycles. The number of nitrogens with zero attached hydrogens (tertiary/aromatic N) is 2. The van der Waals surface area contributed by atoms with Crippen LogP contribution in [0.3, 0.4) is 0 Å². The minimum atomic E-state index is 0.302. The molecule has 3 rings (SSSR count). The van der Waals surface area contributed by atoms with Gasteiger partial charge in [-0.25, -0.2) is 4.99 Å². The summed E-state index contributed by atoms with van der Waals surface area (Å²) in [5.74, 6) is 1.11. The first-order chi connectivity index (χ1) is 12.5. The SMILES string of the molecule is CC(N)=Nc1ccccc1-c1ncccc1OCc1ccc(Cl)cc1Cl. The molecular weight excluding hydrogens is 369 g/mol.